The number of hydrogen-bond donors (Lipinski definition) is 1. The number of benzene rings is 1. The first kappa shape index (κ1) is 15.8. The molecule has 1 aromatic rings. The molecular weight excluding hydrogens is 293 g/mol. The summed E-state index contributed by atoms with van der Waals surface area (Å²) in [6.07, 6.45) is 1.26. The first-order valence-corrected chi connectivity index (χ1v) is 8.14. The third kappa shape index (κ3) is 3.60. The van der Waals surface area contributed by atoms with Gasteiger partial charge in [0.25, 0.3) is 0 Å². The van der Waals surface area contributed by atoms with Crippen molar-refractivity contribution >= 4 is 33.2 Å². The van der Waals surface area contributed by atoms with E-state index in [9.17, 15) is 8.42 Å². The molecule has 0 amide bonds. The Morgan fingerprint density at radius 2 is 1.89 bits per heavy atom. The van der Waals surface area contributed by atoms with Crippen LogP contribution in [-0.4, -0.2) is 19.8 Å². The zero-order chi connectivity index (χ0) is 13.8. The Hall–Kier alpha value is -0.290. The van der Waals surface area contributed by atoms with E-state index >= 15 is 0 Å². The lowest BCUT2D eigenvalue weighted by molar-refractivity contribution is 0.394. The maximum absolute atomic E-state index is 12.2. The molecule has 0 atom stereocenters. The average Bonchev–Trinajstić information content (AvgIpc) is 2.36. The van der Waals surface area contributed by atoms with Crippen LogP contribution in [0.25, 0.3) is 0 Å². The predicted molar refractivity (Wildman–Crippen MR) is 75.8 cm³/mol. The monoisotopic (exact) mass is 309 g/mol. The van der Waals surface area contributed by atoms with Gasteiger partial charge >= 0.3 is 0 Å². The standard InChI is InChI=1S/C12H17Cl2NO2S/c1-3-12(4-2,9-13)15-18(16,17)11-7-5-6-10(14)8-11/h5-8,15H,3-4,9H2,1-2H3. The summed E-state index contributed by atoms with van der Waals surface area (Å²) in [6, 6.07) is 6.18. The van der Waals surface area contributed by atoms with Crippen molar-refractivity contribution in [1.82, 2.24) is 4.72 Å². The van der Waals surface area contributed by atoms with Crippen molar-refractivity contribution in [2.45, 2.75) is 37.1 Å². The topological polar surface area (TPSA) is 46.2 Å². The molecule has 0 aliphatic carbocycles. The molecule has 0 aliphatic heterocycles. The molecule has 18 heavy (non-hydrogen) atoms. The molecule has 0 heterocycles. The molecule has 0 unspecified atom stereocenters. The highest BCUT2D eigenvalue weighted by Crippen LogP contribution is 2.22. The fraction of sp³-hybridized carbons (Fsp3) is 0.500. The molecule has 3 nitrogen and oxygen atoms in total. The number of alkyl halides is 1. The third-order valence-corrected chi connectivity index (χ3v) is 5.39. The van der Waals surface area contributed by atoms with Crippen LogP contribution in [0.15, 0.2) is 29.2 Å². The maximum Gasteiger partial charge on any atom is 0.241 e. The molecule has 0 aromatic heterocycles. The Morgan fingerprint density at radius 1 is 1.28 bits per heavy atom. The Morgan fingerprint density at radius 3 is 2.33 bits per heavy atom. The summed E-state index contributed by atoms with van der Waals surface area (Å²) in [6.45, 7) is 3.82. The van der Waals surface area contributed by atoms with Gasteiger partial charge in [-0.1, -0.05) is 31.5 Å². The molecule has 0 saturated heterocycles. The van der Waals surface area contributed by atoms with E-state index in [1.807, 2.05) is 13.8 Å². The molecule has 0 fully saturated rings. The summed E-state index contributed by atoms with van der Waals surface area (Å²) < 4.78 is 27.2. The quantitative estimate of drug-likeness (QED) is 0.818. The van der Waals surface area contributed by atoms with Gasteiger partial charge in [-0.3, -0.25) is 0 Å². The lowest BCUT2D eigenvalue weighted by atomic mass is 9.97. The van der Waals surface area contributed by atoms with Gasteiger partial charge in [-0.25, -0.2) is 13.1 Å². The summed E-state index contributed by atoms with van der Waals surface area (Å²) >= 11 is 11.7. The first-order valence-electron chi connectivity index (χ1n) is 5.74. The van der Waals surface area contributed by atoms with Crippen LogP contribution in [-0.2, 0) is 10.0 Å². The van der Waals surface area contributed by atoms with Crippen molar-refractivity contribution < 1.29 is 8.42 Å². The summed E-state index contributed by atoms with van der Waals surface area (Å²) in [7, 11) is -3.60. The van der Waals surface area contributed by atoms with E-state index in [2.05, 4.69) is 4.72 Å². The molecule has 0 saturated carbocycles. The van der Waals surface area contributed by atoms with E-state index in [1.165, 1.54) is 12.1 Å². The largest absolute Gasteiger partial charge is 0.241 e. The van der Waals surface area contributed by atoms with Crippen LogP contribution >= 0.6 is 23.2 Å². The van der Waals surface area contributed by atoms with Gasteiger partial charge in [-0.2, -0.15) is 0 Å². The van der Waals surface area contributed by atoms with Crippen LogP contribution in [0.5, 0.6) is 0 Å². The SMILES string of the molecule is CCC(CC)(CCl)NS(=O)(=O)c1cccc(Cl)c1. The zero-order valence-corrected chi connectivity index (χ0v) is 12.7. The highest BCUT2D eigenvalue weighted by Gasteiger charge is 2.31. The van der Waals surface area contributed by atoms with Crippen LogP contribution in [0.4, 0.5) is 0 Å². The summed E-state index contributed by atoms with van der Waals surface area (Å²) in [4.78, 5) is 0.159. The highest BCUT2D eigenvalue weighted by atomic mass is 35.5. The van der Waals surface area contributed by atoms with Crippen molar-refractivity contribution in [1.29, 1.82) is 0 Å². The second-order valence-corrected chi connectivity index (χ2v) is 6.57. The molecule has 102 valence electrons. The summed E-state index contributed by atoms with van der Waals surface area (Å²) in [5.74, 6) is 0.236. The molecule has 1 aromatic carbocycles. The number of nitrogens with one attached hydrogen (secondary N) is 1. The normalized spacial score (nSPS) is 12.7. The summed E-state index contributed by atoms with van der Waals surface area (Å²) in [5, 5.41) is 0.391. The Kier molecular flexibility index (Phi) is 5.46. The average molecular weight is 310 g/mol. The zero-order valence-electron chi connectivity index (χ0n) is 10.4. The Balaban J connectivity index is 3.08. The van der Waals surface area contributed by atoms with Gasteiger partial charge in [0.1, 0.15) is 0 Å². The van der Waals surface area contributed by atoms with Crippen molar-refractivity contribution in [3.8, 4) is 0 Å². The van der Waals surface area contributed by atoms with E-state index in [0.717, 1.165) is 0 Å². The van der Waals surface area contributed by atoms with Crippen molar-refractivity contribution in [3.05, 3.63) is 29.3 Å². The molecule has 0 radical (unpaired) electrons. The smallest absolute Gasteiger partial charge is 0.207 e. The molecule has 0 bridgehead atoms. The molecule has 1 rings (SSSR count). The highest BCUT2D eigenvalue weighted by molar-refractivity contribution is 7.89. The Bertz CT molecular complexity index is 490. The fourth-order valence-electron chi connectivity index (χ4n) is 1.59. The van der Waals surface area contributed by atoms with Gasteiger partial charge in [-0.05, 0) is 31.0 Å². The lowest BCUT2D eigenvalue weighted by Crippen LogP contribution is -2.49. The van der Waals surface area contributed by atoms with Crippen LogP contribution in [0.2, 0.25) is 5.02 Å². The minimum absolute atomic E-state index is 0.159. The van der Waals surface area contributed by atoms with Gasteiger partial charge in [0.2, 0.25) is 10.0 Å². The van der Waals surface area contributed by atoms with Crippen molar-refractivity contribution in [2.75, 3.05) is 5.88 Å². The second-order valence-electron chi connectivity index (χ2n) is 4.18. The van der Waals surface area contributed by atoms with E-state index in [0.29, 0.717) is 17.9 Å². The molecule has 0 aliphatic rings. The van der Waals surface area contributed by atoms with E-state index in [1.54, 1.807) is 12.1 Å². The van der Waals surface area contributed by atoms with E-state index in [-0.39, 0.29) is 10.8 Å². The van der Waals surface area contributed by atoms with Gasteiger partial charge in [-0.15, -0.1) is 11.6 Å². The van der Waals surface area contributed by atoms with Gasteiger partial charge < -0.3 is 0 Å². The Labute approximate surface area is 119 Å². The lowest BCUT2D eigenvalue weighted by Gasteiger charge is -2.30. The van der Waals surface area contributed by atoms with Crippen molar-refractivity contribution in [2.24, 2.45) is 0 Å². The number of sulfonamides is 1. The van der Waals surface area contributed by atoms with Gasteiger partial charge in [0, 0.05) is 16.4 Å². The van der Waals surface area contributed by atoms with E-state index in [4.69, 9.17) is 23.2 Å². The van der Waals surface area contributed by atoms with Gasteiger partial charge in [0.15, 0.2) is 0 Å². The third-order valence-electron chi connectivity index (χ3n) is 3.07. The van der Waals surface area contributed by atoms with E-state index < -0.39 is 15.6 Å². The molecule has 0 spiro atoms. The minimum atomic E-state index is -3.60. The van der Waals surface area contributed by atoms with Crippen LogP contribution in [0, 0.1) is 0 Å². The summed E-state index contributed by atoms with van der Waals surface area (Å²) in [5.41, 5.74) is -0.608. The fourth-order valence-corrected chi connectivity index (χ4v) is 3.96. The maximum atomic E-state index is 12.2. The number of hydrogen-bond acceptors (Lipinski definition) is 2. The predicted octanol–water partition coefficient (Wildman–Crippen LogP) is 3.42. The van der Waals surface area contributed by atoms with Gasteiger partial charge in [0.05, 0.1) is 4.90 Å². The molecule has 1 N–H and O–H groups in total. The van der Waals surface area contributed by atoms with Crippen molar-refractivity contribution in [3.63, 3.8) is 0 Å². The number of rotatable bonds is 6. The van der Waals surface area contributed by atoms with Crippen LogP contribution in [0.3, 0.4) is 0 Å². The number of halogens is 2. The van der Waals surface area contributed by atoms with Crippen LogP contribution in [0.1, 0.15) is 26.7 Å². The molecule has 6 heteroatoms. The van der Waals surface area contributed by atoms with Crippen LogP contribution < -0.4 is 4.72 Å². The minimum Gasteiger partial charge on any atom is -0.207 e. The molecular formula is C12H17Cl2NO2S. The second kappa shape index (κ2) is 6.24. The first-order chi connectivity index (χ1) is 8.39.